The predicted octanol–water partition coefficient (Wildman–Crippen LogP) is 1.84. The zero-order valence-electron chi connectivity index (χ0n) is 17.0. The zero-order valence-corrected chi connectivity index (χ0v) is 17.0. The van der Waals surface area contributed by atoms with E-state index in [1.54, 1.807) is 18.9 Å². The van der Waals surface area contributed by atoms with Gasteiger partial charge in [0.2, 0.25) is 0 Å². The average Bonchev–Trinajstić information content (AvgIpc) is 2.72. The molecule has 0 unspecified atom stereocenters. The van der Waals surface area contributed by atoms with Crippen LogP contribution >= 0.6 is 0 Å². The molecule has 152 valence electrons. The van der Waals surface area contributed by atoms with Crippen LogP contribution in [0.15, 0.2) is 41.6 Å². The second-order valence-electron chi connectivity index (χ2n) is 7.14. The summed E-state index contributed by atoms with van der Waals surface area (Å²) in [6.07, 6.45) is 0. The zero-order chi connectivity index (χ0) is 20.1. The third-order valence-corrected chi connectivity index (χ3v) is 5.49. The molecule has 1 aromatic rings. The summed E-state index contributed by atoms with van der Waals surface area (Å²) in [5.74, 6) is -0.370. The molecule has 2 amide bonds. The maximum Gasteiger partial charge on any atom is 0.338 e. The van der Waals surface area contributed by atoms with Crippen LogP contribution in [0.5, 0.6) is 0 Å². The molecule has 0 spiro atoms. The number of hydrogen-bond donors (Lipinski definition) is 1. The molecule has 0 aromatic heterocycles. The van der Waals surface area contributed by atoms with Crippen molar-refractivity contribution in [3.8, 4) is 0 Å². The Bertz CT molecular complexity index is 726. The number of benzene rings is 1. The molecular formula is C21H30N4O3. The Morgan fingerprint density at radius 2 is 1.75 bits per heavy atom. The molecule has 28 heavy (non-hydrogen) atoms. The SMILES string of the molecule is CCOC(=O)C1=C(CN2CCN(CC)CC2)N(C)C(=O)N[C@H]1c1ccccc1. The summed E-state index contributed by atoms with van der Waals surface area (Å²) in [6, 6.07) is 8.88. The van der Waals surface area contributed by atoms with E-state index >= 15 is 0 Å². The maximum absolute atomic E-state index is 12.9. The quantitative estimate of drug-likeness (QED) is 0.756. The molecule has 1 atom stereocenters. The summed E-state index contributed by atoms with van der Waals surface area (Å²) in [5.41, 5.74) is 2.12. The highest BCUT2D eigenvalue weighted by atomic mass is 16.5. The highest BCUT2D eigenvalue weighted by Crippen LogP contribution is 2.31. The molecule has 1 saturated heterocycles. The van der Waals surface area contributed by atoms with Crippen LogP contribution in [0.25, 0.3) is 0 Å². The van der Waals surface area contributed by atoms with Crippen molar-refractivity contribution in [2.24, 2.45) is 0 Å². The highest BCUT2D eigenvalue weighted by molar-refractivity contribution is 5.95. The van der Waals surface area contributed by atoms with E-state index in [-0.39, 0.29) is 12.0 Å². The van der Waals surface area contributed by atoms with Gasteiger partial charge in [-0.2, -0.15) is 0 Å². The maximum atomic E-state index is 12.9. The normalized spacial score (nSPS) is 21.6. The number of hydrogen-bond acceptors (Lipinski definition) is 5. The highest BCUT2D eigenvalue weighted by Gasteiger charge is 2.37. The summed E-state index contributed by atoms with van der Waals surface area (Å²) in [7, 11) is 1.72. The van der Waals surface area contributed by atoms with Gasteiger partial charge in [0.15, 0.2) is 0 Å². The second-order valence-corrected chi connectivity index (χ2v) is 7.14. The van der Waals surface area contributed by atoms with E-state index in [0.29, 0.717) is 18.7 Å². The summed E-state index contributed by atoms with van der Waals surface area (Å²) >= 11 is 0. The van der Waals surface area contributed by atoms with Crippen molar-refractivity contribution in [3.63, 3.8) is 0 Å². The van der Waals surface area contributed by atoms with E-state index in [4.69, 9.17) is 4.74 Å². The smallest absolute Gasteiger partial charge is 0.338 e. The number of esters is 1. The van der Waals surface area contributed by atoms with E-state index in [1.165, 1.54) is 0 Å². The van der Waals surface area contributed by atoms with Crippen LogP contribution in [-0.4, -0.2) is 79.6 Å². The molecule has 2 heterocycles. The first-order valence-electron chi connectivity index (χ1n) is 9.99. The first-order chi connectivity index (χ1) is 13.5. The van der Waals surface area contributed by atoms with E-state index in [9.17, 15) is 9.59 Å². The number of nitrogens with one attached hydrogen (secondary N) is 1. The lowest BCUT2D eigenvalue weighted by molar-refractivity contribution is -0.139. The van der Waals surface area contributed by atoms with Crippen molar-refractivity contribution in [2.75, 3.05) is 52.9 Å². The Kier molecular flexibility index (Phi) is 6.70. The molecular weight excluding hydrogens is 356 g/mol. The van der Waals surface area contributed by atoms with Crippen LogP contribution in [0.4, 0.5) is 4.79 Å². The number of carbonyl (C=O) groups is 2. The Balaban J connectivity index is 1.95. The standard InChI is InChI=1S/C21H30N4O3/c1-4-24-11-13-25(14-12-24)15-17-18(20(26)28-5-2)19(22-21(27)23(17)3)16-9-7-6-8-10-16/h6-10,19H,4-5,11-15H2,1-3H3,(H,22,27)/t19-/m0/s1. The minimum absolute atomic E-state index is 0.205. The number of carbonyl (C=O) groups excluding carboxylic acids is 2. The Morgan fingerprint density at radius 1 is 1.11 bits per heavy atom. The van der Waals surface area contributed by atoms with Gasteiger partial charge in [-0.15, -0.1) is 0 Å². The predicted molar refractivity (Wildman–Crippen MR) is 108 cm³/mol. The third kappa shape index (κ3) is 4.36. The van der Waals surface area contributed by atoms with Gasteiger partial charge >= 0.3 is 12.0 Å². The Morgan fingerprint density at radius 3 is 2.36 bits per heavy atom. The average molecular weight is 386 g/mol. The van der Waals surface area contributed by atoms with Crippen LogP contribution < -0.4 is 5.32 Å². The molecule has 0 radical (unpaired) electrons. The van der Waals surface area contributed by atoms with Gasteiger partial charge < -0.3 is 15.0 Å². The molecule has 7 nitrogen and oxygen atoms in total. The number of rotatable bonds is 6. The van der Waals surface area contributed by atoms with Gasteiger partial charge in [-0.05, 0) is 19.0 Å². The van der Waals surface area contributed by atoms with Crippen molar-refractivity contribution >= 4 is 12.0 Å². The fourth-order valence-electron chi connectivity index (χ4n) is 3.77. The lowest BCUT2D eigenvalue weighted by atomic mass is 9.94. The number of ether oxygens (including phenoxy) is 1. The van der Waals surface area contributed by atoms with Gasteiger partial charge in [-0.25, -0.2) is 9.59 Å². The van der Waals surface area contributed by atoms with E-state index in [1.807, 2.05) is 30.3 Å². The molecule has 2 aliphatic heterocycles. The summed E-state index contributed by atoms with van der Waals surface area (Å²) < 4.78 is 5.37. The van der Waals surface area contributed by atoms with Crippen LogP contribution in [-0.2, 0) is 9.53 Å². The van der Waals surface area contributed by atoms with Gasteiger partial charge in [0.25, 0.3) is 0 Å². The van der Waals surface area contributed by atoms with Gasteiger partial charge in [0.1, 0.15) is 0 Å². The number of nitrogens with zero attached hydrogens (tertiary/aromatic N) is 3. The largest absolute Gasteiger partial charge is 0.463 e. The van der Waals surface area contributed by atoms with Crippen molar-refractivity contribution in [1.82, 2.24) is 20.0 Å². The molecule has 2 aliphatic rings. The van der Waals surface area contributed by atoms with Crippen LogP contribution in [0, 0.1) is 0 Å². The molecule has 0 aliphatic carbocycles. The van der Waals surface area contributed by atoms with Gasteiger partial charge in [0.05, 0.1) is 18.2 Å². The summed E-state index contributed by atoms with van der Waals surface area (Å²) in [4.78, 5) is 31.8. The first kappa shape index (κ1) is 20.4. The van der Waals surface area contributed by atoms with Gasteiger partial charge in [0, 0.05) is 45.5 Å². The molecule has 1 aromatic carbocycles. The Labute approximate surface area is 166 Å². The lowest BCUT2D eigenvalue weighted by Crippen LogP contribution is -2.52. The fourth-order valence-corrected chi connectivity index (χ4v) is 3.77. The number of piperazine rings is 1. The van der Waals surface area contributed by atoms with Crippen molar-refractivity contribution in [2.45, 2.75) is 19.9 Å². The molecule has 1 N–H and O–H groups in total. The van der Waals surface area contributed by atoms with E-state index in [2.05, 4.69) is 22.0 Å². The van der Waals surface area contributed by atoms with Crippen molar-refractivity contribution in [3.05, 3.63) is 47.2 Å². The Hall–Kier alpha value is -2.38. The van der Waals surface area contributed by atoms with Crippen LogP contribution in [0.3, 0.4) is 0 Å². The second kappa shape index (κ2) is 9.21. The topological polar surface area (TPSA) is 65.1 Å². The molecule has 7 heteroatoms. The minimum Gasteiger partial charge on any atom is -0.463 e. The molecule has 3 rings (SSSR count). The van der Waals surface area contributed by atoms with E-state index in [0.717, 1.165) is 44.0 Å². The summed E-state index contributed by atoms with van der Waals surface area (Å²) in [5, 5.41) is 2.96. The number of urea groups is 1. The van der Waals surface area contributed by atoms with Gasteiger partial charge in [-0.3, -0.25) is 9.80 Å². The first-order valence-corrected chi connectivity index (χ1v) is 9.99. The molecule has 1 fully saturated rings. The fraction of sp³-hybridized carbons (Fsp3) is 0.524. The minimum atomic E-state index is -0.504. The van der Waals surface area contributed by atoms with Crippen LogP contribution in [0.2, 0.25) is 0 Å². The van der Waals surface area contributed by atoms with E-state index < -0.39 is 6.04 Å². The lowest BCUT2D eigenvalue weighted by Gasteiger charge is -2.39. The van der Waals surface area contributed by atoms with Gasteiger partial charge in [-0.1, -0.05) is 37.3 Å². The molecule has 0 bridgehead atoms. The third-order valence-electron chi connectivity index (χ3n) is 5.49. The van der Waals surface area contributed by atoms with Crippen molar-refractivity contribution in [1.29, 1.82) is 0 Å². The van der Waals surface area contributed by atoms with Crippen molar-refractivity contribution < 1.29 is 14.3 Å². The number of likely N-dealkylation sites (N-methyl/N-ethyl adjacent to an activating group) is 2. The molecule has 0 saturated carbocycles. The monoisotopic (exact) mass is 386 g/mol. The summed E-state index contributed by atoms with van der Waals surface area (Å²) in [6.45, 7) is 9.68. The van der Waals surface area contributed by atoms with Crippen LogP contribution in [0.1, 0.15) is 25.5 Å². The number of amides is 2.